The highest BCUT2D eigenvalue weighted by Gasteiger charge is 2.27. The molecule has 4 heterocycles. The number of benzene rings is 2. The number of nitrogens with zero attached hydrogens (tertiary/aromatic N) is 8. The van der Waals surface area contributed by atoms with Gasteiger partial charge in [0.1, 0.15) is 11.3 Å². The van der Waals surface area contributed by atoms with E-state index >= 15 is 0 Å². The molecule has 13 heteroatoms. The summed E-state index contributed by atoms with van der Waals surface area (Å²) in [4.78, 5) is 25.8. The summed E-state index contributed by atoms with van der Waals surface area (Å²) in [5.41, 5.74) is 12.0. The fourth-order valence-electron chi connectivity index (χ4n) is 5.99. The van der Waals surface area contributed by atoms with Crippen LogP contribution in [0.4, 0.5) is 40.2 Å². The normalized spacial score (nSPS) is 16.7. The molecule has 2 aromatic heterocycles. The summed E-state index contributed by atoms with van der Waals surface area (Å²) in [6, 6.07) is 10.8. The maximum Gasteiger partial charge on any atom is 0.229 e. The largest absolute Gasteiger partial charge is 0.494 e. The molecule has 0 bridgehead atoms. The second-order valence-electron chi connectivity index (χ2n) is 11.3. The second-order valence-corrected chi connectivity index (χ2v) is 12.2. The second kappa shape index (κ2) is 13.3. The molecule has 0 aliphatic carbocycles. The van der Waals surface area contributed by atoms with E-state index in [1.165, 1.54) is 25.9 Å². The van der Waals surface area contributed by atoms with Gasteiger partial charge in [-0.25, -0.2) is 4.98 Å². The number of piperidine rings is 1. The molecule has 0 atom stereocenters. The van der Waals surface area contributed by atoms with E-state index in [9.17, 15) is 0 Å². The number of methoxy groups -OCH3 is 1. The molecule has 0 radical (unpaired) electrons. The van der Waals surface area contributed by atoms with Gasteiger partial charge in [-0.2, -0.15) is 4.98 Å². The van der Waals surface area contributed by atoms with Crippen molar-refractivity contribution in [3.63, 3.8) is 0 Å². The third-order valence-corrected chi connectivity index (χ3v) is 9.32. The molecule has 12 nitrogen and oxygen atoms in total. The Kier molecular flexibility index (Phi) is 9.05. The molecular formula is C31H41N11OS. The molecule has 4 N–H and O–H groups in total. The highest BCUT2D eigenvalue weighted by molar-refractivity contribution is 7.99. The molecule has 6 rings (SSSR count). The molecule has 0 spiro atoms. The summed E-state index contributed by atoms with van der Waals surface area (Å²) in [5, 5.41) is 6.73. The van der Waals surface area contributed by atoms with Crippen molar-refractivity contribution in [2.24, 2.45) is 0 Å². The summed E-state index contributed by atoms with van der Waals surface area (Å²) in [6.45, 7) is 6.75. The Morgan fingerprint density at radius 1 is 0.955 bits per heavy atom. The van der Waals surface area contributed by atoms with Gasteiger partial charge in [0.05, 0.1) is 41.6 Å². The Morgan fingerprint density at radius 2 is 1.70 bits per heavy atom. The van der Waals surface area contributed by atoms with Gasteiger partial charge in [0.2, 0.25) is 5.95 Å². The lowest BCUT2D eigenvalue weighted by atomic mass is 10.0. The number of fused-ring (bicyclic) bond motifs is 1. The number of hydrogen-bond donors (Lipinski definition) is 3. The number of hydrogen-bond acceptors (Lipinski definition) is 13. The monoisotopic (exact) mass is 615 g/mol. The van der Waals surface area contributed by atoms with Crippen LogP contribution in [-0.2, 0) is 0 Å². The summed E-state index contributed by atoms with van der Waals surface area (Å²) < 4.78 is 7.84. The molecule has 0 amide bonds. The lowest BCUT2D eigenvalue weighted by molar-refractivity contribution is 0.0982. The Hall–Kier alpha value is -4.07. The molecule has 2 fully saturated rings. The predicted molar refractivity (Wildman–Crippen MR) is 182 cm³/mol. The molecule has 2 saturated heterocycles. The van der Waals surface area contributed by atoms with Crippen LogP contribution in [0.15, 0.2) is 48.9 Å². The summed E-state index contributed by atoms with van der Waals surface area (Å²) in [7, 11) is 5.89. The zero-order valence-electron chi connectivity index (χ0n) is 25.8. The average Bonchev–Trinajstić information content (AvgIpc) is 3.06. The van der Waals surface area contributed by atoms with Crippen molar-refractivity contribution in [2.75, 3.05) is 92.3 Å². The van der Waals surface area contributed by atoms with Gasteiger partial charge in [-0.3, -0.25) is 14.9 Å². The zero-order chi connectivity index (χ0) is 30.6. The average molecular weight is 616 g/mol. The van der Waals surface area contributed by atoms with E-state index in [4.69, 9.17) is 15.5 Å². The van der Waals surface area contributed by atoms with Crippen LogP contribution in [0.5, 0.6) is 5.75 Å². The Balaban J connectivity index is 1.17. The van der Waals surface area contributed by atoms with E-state index in [0.29, 0.717) is 23.5 Å². The van der Waals surface area contributed by atoms with Gasteiger partial charge in [-0.15, -0.1) is 0 Å². The van der Waals surface area contributed by atoms with Crippen molar-refractivity contribution in [3.05, 3.63) is 48.9 Å². The number of rotatable bonds is 9. The highest BCUT2D eigenvalue weighted by atomic mass is 32.2. The van der Waals surface area contributed by atoms with Gasteiger partial charge in [-0.1, -0.05) is 11.9 Å². The van der Waals surface area contributed by atoms with E-state index in [1.807, 2.05) is 35.8 Å². The molecule has 0 unspecified atom stereocenters. The number of nitrogens with one attached hydrogen (secondary N) is 2. The maximum atomic E-state index is 6.33. The lowest BCUT2D eigenvalue weighted by Crippen LogP contribution is -2.52. The van der Waals surface area contributed by atoms with E-state index in [0.717, 1.165) is 65.7 Å². The van der Waals surface area contributed by atoms with Gasteiger partial charge in [0.15, 0.2) is 5.82 Å². The summed E-state index contributed by atoms with van der Waals surface area (Å²) >= 11 is 1.58. The van der Waals surface area contributed by atoms with Crippen LogP contribution in [0.1, 0.15) is 12.8 Å². The van der Waals surface area contributed by atoms with E-state index in [-0.39, 0.29) is 0 Å². The summed E-state index contributed by atoms with van der Waals surface area (Å²) in [6.07, 6.45) is 9.35. The topological polar surface area (TPSA) is 124 Å². The van der Waals surface area contributed by atoms with Crippen LogP contribution >= 0.6 is 11.9 Å². The molecule has 2 aliphatic heterocycles. The lowest BCUT2D eigenvalue weighted by Gasteiger charge is -2.42. The smallest absolute Gasteiger partial charge is 0.229 e. The third kappa shape index (κ3) is 6.40. The van der Waals surface area contributed by atoms with Gasteiger partial charge in [-0.05, 0) is 44.2 Å². The maximum absolute atomic E-state index is 6.33. The number of aromatic nitrogens is 4. The van der Waals surface area contributed by atoms with Crippen molar-refractivity contribution in [2.45, 2.75) is 18.9 Å². The number of nitrogens with two attached hydrogens (primary N) is 1. The van der Waals surface area contributed by atoms with Crippen molar-refractivity contribution >= 4 is 63.2 Å². The van der Waals surface area contributed by atoms with Crippen molar-refractivity contribution in [1.29, 1.82) is 0 Å². The van der Waals surface area contributed by atoms with Gasteiger partial charge >= 0.3 is 0 Å². The van der Waals surface area contributed by atoms with Gasteiger partial charge < -0.3 is 35.2 Å². The predicted octanol–water partition coefficient (Wildman–Crippen LogP) is 4.43. The first kappa shape index (κ1) is 30.0. The van der Waals surface area contributed by atoms with Crippen LogP contribution in [0.2, 0.25) is 0 Å². The first-order valence-corrected chi connectivity index (χ1v) is 16.2. The van der Waals surface area contributed by atoms with Crippen LogP contribution in [0.3, 0.4) is 0 Å². The minimum absolute atomic E-state index is 0.404. The number of anilines is 7. The first-order valence-electron chi connectivity index (χ1n) is 15.0. The van der Waals surface area contributed by atoms with E-state index in [1.54, 1.807) is 37.6 Å². The van der Waals surface area contributed by atoms with Crippen LogP contribution in [0, 0.1) is 0 Å². The minimum Gasteiger partial charge on any atom is -0.494 e. The molecule has 44 heavy (non-hydrogen) atoms. The van der Waals surface area contributed by atoms with Gasteiger partial charge in [0, 0.05) is 82.8 Å². The van der Waals surface area contributed by atoms with Crippen LogP contribution in [-0.4, -0.2) is 103 Å². The Labute approximate surface area is 263 Å². The zero-order valence-corrected chi connectivity index (χ0v) is 26.6. The number of nitrogen functional groups attached to an aromatic ring is 1. The van der Waals surface area contributed by atoms with Crippen molar-refractivity contribution in [3.8, 4) is 5.75 Å². The highest BCUT2D eigenvalue weighted by Crippen LogP contribution is 2.38. The summed E-state index contributed by atoms with van der Waals surface area (Å²) in [5.74, 6) is 1.62. The molecule has 2 aliphatic rings. The van der Waals surface area contributed by atoms with Crippen molar-refractivity contribution in [1.82, 2.24) is 29.7 Å². The Bertz CT molecular complexity index is 1590. The minimum atomic E-state index is 0.404. The fraction of sp³-hybridized carbons (Fsp3) is 0.419. The quantitative estimate of drug-likeness (QED) is 0.230. The van der Waals surface area contributed by atoms with Crippen LogP contribution < -0.4 is 30.3 Å². The number of ether oxygens (including phenoxy) is 1. The van der Waals surface area contributed by atoms with Crippen LogP contribution in [0.25, 0.3) is 11.0 Å². The SMILES string of the molecule is COc1cc(N2CCC(N3CCN(C)CC3)CC2)ccc1Nc1ncc(N)c(Nc2ccc3nccnc3c2N(C)SC)n1. The third-order valence-electron chi connectivity index (χ3n) is 8.59. The molecular weight excluding hydrogens is 574 g/mol. The van der Waals surface area contributed by atoms with Crippen molar-refractivity contribution < 1.29 is 4.74 Å². The van der Waals surface area contributed by atoms with E-state index < -0.39 is 0 Å². The molecule has 0 saturated carbocycles. The van der Waals surface area contributed by atoms with Gasteiger partial charge in [0.25, 0.3) is 0 Å². The number of piperazine rings is 1. The molecule has 4 aromatic rings. The fourth-order valence-corrected chi connectivity index (χ4v) is 6.36. The first-order chi connectivity index (χ1) is 21.4. The Morgan fingerprint density at radius 3 is 2.45 bits per heavy atom. The van der Waals surface area contributed by atoms with E-state index in [2.05, 4.69) is 59.5 Å². The number of likely N-dealkylation sites (N-methyl/N-ethyl adjacent to an activating group) is 1. The standard InChI is InChI=1S/C31H41N11OS/c1-39-15-17-42(18-16-39)21-9-13-41(14-10-21)22-5-6-24(27(19-22)43-3)37-31-35-20-23(32)30(38-31)36-26-8-7-25-28(34-12-11-33-25)29(26)40(2)44-4/h5-8,11-12,19-21H,9-10,13-18,32H2,1-4H3,(H2,35,36,37,38). The molecule has 2 aromatic carbocycles. The molecule has 232 valence electrons.